The molecule has 1 unspecified atom stereocenters. The third-order valence-electron chi connectivity index (χ3n) is 4.79. The van der Waals surface area contributed by atoms with Crippen LogP contribution in [0.25, 0.3) is 11.3 Å². The molecule has 0 bridgehead atoms. The van der Waals surface area contributed by atoms with Crippen molar-refractivity contribution in [3.63, 3.8) is 0 Å². The molecule has 1 atom stereocenters. The van der Waals surface area contributed by atoms with Gasteiger partial charge in [-0.15, -0.1) is 11.3 Å². The Labute approximate surface area is 175 Å². The molecule has 1 saturated heterocycles. The molecule has 1 aliphatic heterocycles. The molecular weight excluding hydrogens is 388 g/mol. The van der Waals surface area contributed by atoms with E-state index in [1.165, 1.54) is 7.11 Å². The van der Waals surface area contributed by atoms with Crippen molar-refractivity contribution in [3.05, 3.63) is 39.7 Å². The summed E-state index contributed by atoms with van der Waals surface area (Å²) in [6.45, 7) is 8.32. The first-order chi connectivity index (χ1) is 13.7. The monoisotopic (exact) mass is 416 g/mol. The van der Waals surface area contributed by atoms with Gasteiger partial charge < -0.3 is 9.47 Å². The lowest BCUT2D eigenvalue weighted by Gasteiger charge is -2.35. The number of ether oxygens (including phenoxy) is 2. The lowest BCUT2D eigenvalue weighted by Crippen LogP contribution is -2.41. The van der Waals surface area contributed by atoms with Gasteiger partial charge in [-0.05, 0) is 59.1 Å². The summed E-state index contributed by atoms with van der Waals surface area (Å²) in [7, 11) is 1.37. The molecule has 1 aliphatic rings. The summed E-state index contributed by atoms with van der Waals surface area (Å²) in [5.41, 5.74) is 1.67. The van der Waals surface area contributed by atoms with E-state index in [2.05, 4.69) is 0 Å². The number of esters is 1. The van der Waals surface area contributed by atoms with Crippen LogP contribution in [0.5, 0.6) is 0 Å². The second-order valence-electron chi connectivity index (χ2n) is 8.21. The van der Waals surface area contributed by atoms with Crippen molar-refractivity contribution < 1.29 is 19.1 Å². The number of nitrogens with zero attached hydrogens (tertiary/aromatic N) is 2. The largest absolute Gasteiger partial charge is 0.465 e. The van der Waals surface area contributed by atoms with E-state index in [-0.39, 0.29) is 18.1 Å². The summed E-state index contributed by atoms with van der Waals surface area (Å²) in [5.74, 6) is -0.372. The Kier molecular flexibility index (Phi) is 6.27. The number of hydrogen-bond acceptors (Lipinski definition) is 6. The van der Waals surface area contributed by atoms with E-state index in [1.54, 1.807) is 23.5 Å². The summed E-state index contributed by atoms with van der Waals surface area (Å²) in [6, 6.07) is 7.20. The number of aryl methyl sites for hydroxylation is 1. The smallest absolute Gasteiger partial charge is 0.410 e. The minimum Gasteiger partial charge on any atom is -0.465 e. The van der Waals surface area contributed by atoms with Crippen molar-refractivity contribution in [2.75, 3.05) is 13.7 Å². The molecule has 6 nitrogen and oxygen atoms in total. The Balaban J connectivity index is 1.90. The lowest BCUT2D eigenvalue weighted by molar-refractivity contribution is 0.00948. The molecule has 156 valence electrons. The van der Waals surface area contributed by atoms with Gasteiger partial charge in [-0.2, -0.15) is 0 Å². The fourth-order valence-corrected chi connectivity index (χ4v) is 4.56. The maximum absolute atomic E-state index is 12.7. The number of carbonyl (C=O) groups excluding carboxylic acids is 2. The van der Waals surface area contributed by atoms with Gasteiger partial charge in [-0.25, -0.2) is 14.6 Å². The van der Waals surface area contributed by atoms with Gasteiger partial charge in [0.1, 0.15) is 10.6 Å². The number of amides is 1. The predicted molar refractivity (Wildman–Crippen MR) is 113 cm³/mol. The average molecular weight is 417 g/mol. The predicted octanol–water partition coefficient (Wildman–Crippen LogP) is 5.37. The van der Waals surface area contributed by atoms with Gasteiger partial charge in [0.25, 0.3) is 0 Å². The Bertz CT molecular complexity index is 900. The molecular formula is C22H28N2O4S. The Morgan fingerprint density at radius 3 is 2.69 bits per heavy atom. The van der Waals surface area contributed by atoms with Gasteiger partial charge in [0.2, 0.25) is 0 Å². The van der Waals surface area contributed by atoms with E-state index in [1.807, 2.05) is 44.7 Å². The number of aromatic nitrogens is 1. The first-order valence-corrected chi connectivity index (χ1v) is 10.7. The van der Waals surface area contributed by atoms with E-state index in [0.29, 0.717) is 12.1 Å². The SMILES string of the molecule is COC(=O)c1cccc(-c2nc(C3CCCCN3C(=O)OC(C)(C)C)sc2C)c1. The van der Waals surface area contributed by atoms with Crippen LogP contribution in [0.3, 0.4) is 0 Å². The number of thiazole rings is 1. The number of likely N-dealkylation sites (tertiary alicyclic amines) is 1. The standard InChI is InChI=1S/C22H28N2O4S/c1-14-18(15-9-8-10-16(13-15)20(25)27-5)23-19(29-14)17-11-6-7-12-24(17)21(26)28-22(2,3)4/h8-10,13,17H,6-7,11-12H2,1-5H3. The van der Waals surface area contributed by atoms with Crippen LogP contribution < -0.4 is 0 Å². The highest BCUT2D eigenvalue weighted by molar-refractivity contribution is 7.12. The fraction of sp³-hybridized carbons (Fsp3) is 0.500. The summed E-state index contributed by atoms with van der Waals surface area (Å²) in [6.07, 6.45) is 2.60. The highest BCUT2D eigenvalue weighted by atomic mass is 32.1. The van der Waals surface area contributed by atoms with Gasteiger partial charge in [-0.3, -0.25) is 4.90 Å². The van der Waals surface area contributed by atoms with E-state index in [0.717, 1.165) is 40.4 Å². The highest BCUT2D eigenvalue weighted by Crippen LogP contribution is 2.38. The van der Waals surface area contributed by atoms with Crippen LogP contribution in [0, 0.1) is 6.92 Å². The molecule has 0 saturated carbocycles. The zero-order valence-corrected chi connectivity index (χ0v) is 18.5. The second kappa shape index (κ2) is 8.53. The summed E-state index contributed by atoms with van der Waals surface area (Å²) in [4.78, 5) is 32.3. The molecule has 1 fully saturated rings. The quantitative estimate of drug-likeness (QED) is 0.630. The molecule has 0 aliphatic carbocycles. The van der Waals surface area contributed by atoms with Crippen LogP contribution in [-0.4, -0.2) is 41.2 Å². The third kappa shape index (κ3) is 4.96. The van der Waals surface area contributed by atoms with Gasteiger partial charge in [0.05, 0.1) is 24.4 Å². The normalized spacial score (nSPS) is 17.1. The Morgan fingerprint density at radius 2 is 2.00 bits per heavy atom. The van der Waals surface area contributed by atoms with Crippen molar-refractivity contribution in [2.45, 2.75) is 58.6 Å². The van der Waals surface area contributed by atoms with Gasteiger partial charge in [0, 0.05) is 17.0 Å². The molecule has 1 amide bonds. The molecule has 3 rings (SSSR count). The molecule has 1 aromatic heterocycles. The Morgan fingerprint density at radius 1 is 1.24 bits per heavy atom. The number of rotatable bonds is 3. The fourth-order valence-electron chi connectivity index (χ4n) is 3.47. The highest BCUT2D eigenvalue weighted by Gasteiger charge is 2.33. The lowest BCUT2D eigenvalue weighted by atomic mass is 10.0. The van der Waals surface area contributed by atoms with Gasteiger partial charge in [-0.1, -0.05) is 12.1 Å². The van der Waals surface area contributed by atoms with Crippen molar-refractivity contribution in [2.24, 2.45) is 0 Å². The third-order valence-corrected chi connectivity index (χ3v) is 5.86. The summed E-state index contributed by atoms with van der Waals surface area (Å²) in [5, 5.41) is 0.909. The first kappa shape index (κ1) is 21.3. The van der Waals surface area contributed by atoms with Crippen molar-refractivity contribution in [1.29, 1.82) is 0 Å². The molecule has 29 heavy (non-hydrogen) atoms. The van der Waals surface area contributed by atoms with E-state index in [9.17, 15) is 9.59 Å². The average Bonchev–Trinajstić information content (AvgIpc) is 3.07. The first-order valence-electron chi connectivity index (χ1n) is 9.85. The molecule has 2 aromatic rings. The minimum absolute atomic E-state index is 0.0835. The summed E-state index contributed by atoms with van der Waals surface area (Å²) < 4.78 is 10.4. The topological polar surface area (TPSA) is 68.7 Å². The van der Waals surface area contributed by atoms with E-state index < -0.39 is 5.60 Å². The molecule has 2 heterocycles. The maximum atomic E-state index is 12.7. The number of carbonyl (C=O) groups is 2. The number of piperidine rings is 1. The van der Waals surface area contributed by atoms with Crippen molar-refractivity contribution in [3.8, 4) is 11.3 Å². The number of hydrogen-bond donors (Lipinski definition) is 0. The molecule has 7 heteroatoms. The zero-order chi connectivity index (χ0) is 21.2. The van der Waals surface area contributed by atoms with Crippen LogP contribution >= 0.6 is 11.3 Å². The van der Waals surface area contributed by atoms with Crippen molar-refractivity contribution >= 4 is 23.4 Å². The van der Waals surface area contributed by atoms with Crippen LogP contribution in [0.4, 0.5) is 4.79 Å². The van der Waals surface area contributed by atoms with Gasteiger partial charge in [0.15, 0.2) is 0 Å². The Hall–Kier alpha value is -2.41. The van der Waals surface area contributed by atoms with Crippen molar-refractivity contribution in [1.82, 2.24) is 9.88 Å². The molecule has 0 N–H and O–H groups in total. The summed E-state index contributed by atoms with van der Waals surface area (Å²) >= 11 is 1.60. The van der Waals surface area contributed by atoms with Gasteiger partial charge >= 0.3 is 12.1 Å². The number of methoxy groups -OCH3 is 1. The number of benzene rings is 1. The minimum atomic E-state index is -0.530. The van der Waals surface area contributed by atoms with E-state index >= 15 is 0 Å². The van der Waals surface area contributed by atoms with Crippen LogP contribution in [0.1, 0.15) is 66.3 Å². The van der Waals surface area contributed by atoms with Crippen LogP contribution in [-0.2, 0) is 9.47 Å². The van der Waals surface area contributed by atoms with Crippen LogP contribution in [0.2, 0.25) is 0 Å². The van der Waals surface area contributed by atoms with Crippen LogP contribution in [0.15, 0.2) is 24.3 Å². The zero-order valence-electron chi connectivity index (χ0n) is 17.7. The molecule has 0 spiro atoms. The maximum Gasteiger partial charge on any atom is 0.410 e. The second-order valence-corrected chi connectivity index (χ2v) is 9.45. The molecule has 1 aromatic carbocycles. The molecule has 0 radical (unpaired) electrons. The van der Waals surface area contributed by atoms with E-state index in [4.69, 9.17) is 14.5 Å².